The van der Waals surface area contributed by atoms with E-state index in [2.05, 4.69) is 32.2 Å². The van der Waals surface area contributed by atoms with Gasteiger partial charge in [-0.3, -0.25) is 4.79 Å². The van der Waals surface area contributed by atoms with E-state index in [0.29, 0.717) is 6.42 Å². The average molecular weight is 393 g/mol. The van der Waals surface area contributed by atoms with Crippen molar-refractivity contribution < 1.29 is 23.8 Å². The zero-order valence-electron chi connectivity index (χ0n) is 17.5. The second-order valence-electron chi connectivity index (χ2n) is 8.11. The number of rotatable bonds is 6. The van der Waals surface area contributed by atoms with E-state index in [0.717, 1.165) is 0 Å². The molecule has 1 aliphatic heterocycles. The van der Waals surface area contributed by atoms with Gasteiger partial charge in [0.15, 0.2) is 5.60 Å². The lowest BCUT2D eigenvalue weighted by atomic mass is 9.88. The first-order valence-corrected chi connectivity index (χ1v) is 12.6. The minimum Gasteiger partial charge on any atom is -0.464 e. The highest BCUT2D eigenvalue weighted by Gasteiger charge is 2.70. The van der Waals surface area contributed by atoms with Crippen LogP contribution in [0.3, 0.4) is 0 Å². The highest BCUT2D eigenvalue weighted by Crippen LogP contribution is 2.58. The van der Waals surface area contributed by atoms with Crippen molar-refractivity contribution in [1.82, 2.24) is 0 Å². The second kappa shape index (κ2) is 7.76. The van der Waals surface area contributed by atoms with Crippen LogP contribution in [-0.4, -0.2) is 44.4 Å². The molecule has 1 heterocycles. The highest BCUT2D eigenvalue weighted by molar-refractivity contribution is 6.92. The van der Waals surface area contributed by atoms with Crippen molar-refractivity contribution in [3.63, 3.8) is 0 Å². The topological polar surface area (TPSA) is 61.8 Å². The summed E-state index contributed by atoms with van der Waals surface area (Å²) in [5.74, 6) is -0.892. The lowest BCUT2D eigenvalue weighted by molar-refractivity contribution is -0.182. The Balaban J connectivity index is 2.65. The molecular weight excluding hydrogens is 360 g/mol. The van der Waals surface area contributed by atoms with Crippen LogP contribution >= 0.6 is 0 Å². The number of ether oxygens (including phenoxy) is 3. The molecule has 0 unspecified atom stereocenters. The van der Waals surface area contributed by atoms with Gasteiger partial charge in [-0.2, -0.15) is 0 Å². The van der Waals surface area contributed by atoms with Crippen molar-refractivity contribution in [2.75, 3.05) is 6.61 Å². The number of esters is 2. The molecule has 0 amide bonds. The number of hydrogen-bond donors (Lipinski definition) is 0. The maximum absolute atomic E-state index is 12.8. The first-order valence-electron chi connectivity index (χ1n) is 9.63. The maximum atomic E-state index is 12.8. The summed E-state index contributed by atoms with van der Waals surface area (Å²) in [5.41, 5.74) is -1.32. The van der Waals surface area contributed by atoms with Gasteiger partial charge in [0.05, 0.1) is 20.8 Å². The molecule has 0 saturated carbocycles. The third-order valence-electron chi connectivity index (χ3n) is 6.28. The summed E-state index contributed by atoms with van der Waals surface area (Å²) in [5, 5.41) is 0.732. The fourth-order valence-electron chi connectivity index (χ4n) is 4.45. The molecule has 1 aromatic rings. The van der Waals surface area contributed by atoms with Crippen LogP contribution in [-0.2, 0) is 23.8 Å². The summed E-state index contributed by atoms with van der Waals surface area (Å²) in [6.45, 7) is 13.7. The van der Waals surface area contributed by atoms with Crippen LogP contribution in [0.1, 0.15) is 41.0 Å². The predicted molar refractivity (Wildman–Crippen MR) is 108 cm³/mol. The van der Waals surface area contributed by atoms with E-state index < -0.39 is 36.8 Å². The van der Waals surface area contributed by atoms with E-state index in [1.54, 1.807) is 13.8 Å². The number of benzene rings is 1. The predicted octanol–water partition coefficient (Wildman–Crippen LogP) is 3.42. The Bertz CT molecular complexity index is 689. The monoisotopic (exact) mass is 392 g/mol. The number of carbonyl (C=O) groups excluding carboxylic acids is 2. The Morgan fingerprint density at radius 3 is 2.22 bits per heavy atom. The van der Waals surface area contributed by atoms with Crippen molar-refractivity contribution in [3.8, 4) is 0 Å². The Labute approximate surface area is 163 Å². The van der Waals surface area contributed by atoms with Crippen molar-refractivity contribution in [1.29, 1.82) is 0 Å². The van der Waals surface area contributed by atoms with Crippen LogP contribution in [0.15, 0.2) is 30.3 Å². The van der Waals surface area contributed by atoms with Gasteiger partial charge in [0, 0.05) is 12.0 Å². The molecule has 0 bridgehead atoms. The minimum absolute atomic E-state index is 0.224. The largest absolute Gasteiger partial charge is 0.464 e. The molecule has 150 valence electrons. The van der Waals surface area contributed by atoms with Crippen LogP contribution in [0.5, 0.6) is 0 Å². The Hall–Kier alpha value is -1.66. The molecule has 0 N–H and O–H groups in total. The fraction of sp³-hybridized carbons (Fsp3) is 0.619. The molecule has 4 atom stereocenters. The lowest BCUT2D eigenvalue weighted by Crippen LogP contribution is -2.61. The third kappa shape index (κ3) is 3.45. The van der Waals surface area contributed by atoms with Crippen LogP contribution < -0.4 is 5.19 Å². The van der Waals surface area contributed by atoms with Gasteiger partial charge in [-0.15, -0.1) is 0 Å². The minimum atomic E-state index is -2.25. The third-order valence-corrected chi connectivity index (χ3v) is 11.3. The van der Waals surface area contributed by atoms with E-state index in [-0.39, 0.29) is 12.7 Å². The van der Waals surface area contributed by atoms with E-state index in [4.69, 9.17) is 14.2 Å². The summed E-state index contributed by atoms with van der Waals surface area (Å²) >= 11 is 0. The molecule has 1 aromatic carbocycles. The van der Waals surface area contributed by atoms with Crippen molar-refractivity contribution in [2.45, 2.75) is 77.0 Å². The van der Waals surface area contributed by atoms with Crippen LogP contribution in [0, 0.1) is 0 Å². The molecule has 0 aliphatic carbocycles. The zero-order chi connectivity index (χ0) is 20.5. The Morgan fingerprint density at radius 2 is 1.74 bits per heavy atom. The van der Waals surface area contributed by atoms with E-state index in [9.17, 15) is 9.59 Å². The number of carbonyl (C=O) groups is 2. The molecule has 27 heavy (non-hydrogen) atoms. The van der Waals surface area contributed by atoms with Gasteiger partial charge in [0.1, 0.15) is 6.10 Å². The normalized spacial score (nSPS) is 30.8. The van der Waals surface area contributed by atoms with E-state index in [1.165, 1.54) is 12.1 Å². The van der Waals surface area contributed by atoms with Gasteiger partial charge < -0.3 is 14.2 Å². The SMILES string of the molecule is CCOC(=O)[C@@]1(C)O[C@H](CC)[C@@](C)([Si](C)(C)c2ccccc2)[C@@H]1OC(C)=O. The molecule has 5 nitrogen and oxygen atoms in total. The van der Waals surface area contributed by atoms with E-state index in [1.807, 2.05) is 25.1 Å². The summed E-state index contributed by atoms with van der Waals surface area (Å²) in [6, 6.07) is 10.3. The molecule has 1 fully saturated rings. The quantitative estimate of drug-likeness (QED) is 0.548. The lowest BCUT2D eigenvalue weighted by Gasteiger charge is -2.46. The van der Waals surface area contributed by atoms with Gasteiger partial charge >= 0.3 is 11.9 Å². The summed E-state index contributed by atoms with van der Waals surface area (Å²) in [7, 11) is -2.25. The summed E-state index contributed by atoms with van der Waals surface area (Å²) in [4.78, 5) is 24.8. The molecular formula is C21H32O5Si. The fourth-order valence-corrected chi connectivity index (χ4v) is 8.16. The standard InChI is InChI=1S/C21H32O5Si/c1-8-17-21(5,27(6,7)16-13-11-10-12-14-16)18(25-15(3)22)20(4,26-17)19(23)24-9-2/h10-14,17-18H,8-9H2,1-7H3/t17-,18-,20+,21-/m1/s1. The smallest absolute Gasteiger partial charge is 0.342 e. The second-order valence-corrected chi connectivity index (χ2v) is 13.0. The number of hydrogen-bond acceptors (Lipinski definition) is 5. The van der Waals surface area contributed by atoms with Crippen molar-refractivity contribution in [2.24, 2.45) is 0 Å². The zero-order valence-corrected chi connectivity index (χ0v) is 18.5. The summed E-state index contributed by atoms with van der Waals surface area (Å²) < 4.78 is 17.5. The summed E-state index contributed by atoms with van der Waals surface area (Å²) in [6.07, 6.45) is -0.224. The molecule has 6 heteroatoms. The van der Waals surface area contributed by atoms with Gasteiger partial charge in [-0.1, -0.05) is 62.5 Å². The molecule has 2 rings (SSSR count). The van der Waals surface area contributed by atoms with E-state index >= 15 is 0 Å². The van der Waals surface area contributed by atoms with Gasteiger partial charge in [-0.25, -0.2) is 4.79 Å². The molecule has 0 spiro atoms. The molecule has 0 radical (unpaired) electrons. The molecule has 1 aliphatic rings. The first-order chi connectivity index (χ1) is 12.6. The van der Waals surface area contributed by atoms with Crippen LogP contribution in [0.4, 0.5) is 0 Å². The van der Waals surface area contributed by atoms with Gasteiger partial charge in [0.2, 0.25) is 0 Å². The van der Waals surface area contributed by atoms with Crippen molar-refractivity contribution in [3.05, 3.63) is 30.3 Å². The highest BCUT2D eigenvalue weighted by atomic mass is 28.3. The Morgan fingerprint density at radius 1 is 1.15 bits per heavy atom. The molecule has 1 saturated heterocycles. The maximum Gasteiger partial charge on any atom is 0.342 e. The Kier molecular flexibility index (Phi) is 6.22. The van der Waals surface area contributed by atoms with Crippen LogP contribution in [0.25, 0.3) is 0 Å². The van der Waals surface area contributed by atoms with Crippen molar-refractivity contribution >= 4 is 25.2 Å². The van der Waals surface area contributed by atoms with Gasteiger partial charge in [0.25, 0.3) is 0 Å². The van der Waals surface area contributed by atoms with Gasteiger partial charge in [-0.05, 0) is 20.3 Å². The first kappa shape index (κ1) is 21.6. The van der Waals surface area contributed by atoms with Crippen LogP contribution in [0.2, 0.25) is 18.1 Å². The average Bonchev–Trinajstić information content (AvgIpc) is 2.86. The molecule has 0 aromatic heterocycles.